The van der Waals surface area contributed by atoms with Crippen LogP contribution in [0.2, 0.25) is 0 Å². The average molecular weight is 217 g/mol. The molecule has 0 aliphatic heterocycles. The van der Waals surface area contributed by atoms with Crippen molar-refractivity contribution in [3.8, 4) is 6.19 Å². The molecule has 5 heteroatoms. The molecule has 0 heterocycles. The Morgan fingerprint density at radius 1 is 1.62 bits per heavy atom. The first-order chi connectivity index (χ1) is 6.24. The molecule has 0 radical (unpaired) electrons. The van der Waals surface area contributed by atoms with Gasteiger partial charge in [0.25, 0.3) is 0 Å². The lowest BCUT2D eigenvalue weighted by molar-refractivity contribution is 0.677. The van der Waals surface area contributed by atoms with E-state index in [4.69, 9.17) is 5.26 Å². The third kappa shape index (κ3) is 6.79. The van der Waals surface area contributed by atoms with Crippen LogP contribution < -0.4 is 5.32 Å². The summed E-state index contributed by atoms with van der Waals surface area (Å²) in [7, 11) is 0. The molecule has 1 unspecified atom stereocenters. The zero-order chi connectivity index (χ0) is 10.1. The fraction of sp³-hybridized carbons (Fsp3) is 0.750. The number of aliphatic imine (C=N–C) groups is 1. The molecular weight excluding hydrogens is 202 g/mol. The van der Waals surface area contributed by atoms with Crippen LogP contribution in [-0.2, 0) is 0 Å². The smallest absolute Gasteiger partial charge is 0.183 e. The molecule has 0 amide bonds. The van der Waals surface area contributed by atoms with Gasteiger partial charge in [0.05, 0.1) is 0 Å². The summed E-state index contributed by atoms with van der Waals surface area (Å²) in [4.78, 5) is 4.28. The molecule has 1 N–H and O–H groups in total. The number of hydrogen-bond acceptors (Lipinski definition) is 4. The Hall–Kier alpha value is -0.340. The van der Waals surface area contributed by atoms with E-state index < -0.39 is 0 Å². The lowest BCUT2D eigenvalue weighted by atomic mass is 10.2. The summed E-state index contributed by atoms with van der Waals surface area (Å²) < 4.78 is 0. The lowest BCUT2D eigenvalue weighted by Gasteiger charge is -2.06. The standard InChI is InChI=1S/C8H15N3S2/c1-7(5-12-2)4-10-8(13-3)11-6-9/h7H,4-5H2,1-3H3,(H,10,11). The van der Waals surface area contributed by atoms with Crippen LogP contribution in [0.15, 0.2) is 4.99 Å². The highest BCUT2D eigenvalue weighted by Crippen LogP contribution is 2.05. The third-order valence-electron chi connectivity index (χ3n) is 1.35. The number of nitrogens with zero attached hydrogens (tertiary/aromatic N) is 2. The largest absolute Gasteiger partial charge is 0.272 e. The minimum Gasteiger partial charge on any atom is -0.272 e. The number of amidine groups is 1. The molecule has 3 nitrogen and oxygen atoms in total. The van der Waals surface area contributed by atoms with E-state index in [1.165, 1.54) is 11.8 Å². The summed E-state index contributed by atoms with van der Waals surface area (Å²) in [6, 6.07) is 0. The van der Waals surface area contributed by atoms with Gasteiger partial charge in [-0.25, -0.2) is 0 Å². The predicted molar refractivity (Wildman–Crippen MR) is 62.1 cm³/mol. The molecule has 0 aromatic carbocycles. The van der Waals surface area contributed by atoms with E-state index >= 15 is 0 Å². The van der Waals surface area contributed by atoms with E-state index in [1.54, 1.807) is 0 Å². The van der Waals surface area contributed by atoms with Gasteiger partial charge in [0.15, 0.2) is 11.4 Å². The van der Waals surface area contributed by atoms with Gasteiger partial charge >= 0.3 is 0 Å². The number of rotatable bonds is 4. The second-order valence-corrected chi connectivity index (χ2v) is 4.35. The molecule has 13 heavy (non-hydrogen) atoms. The van der Waals surface area contributed by atoms with E-state index in [-0.39, 0.29) is 0 Å². The van der Waals surface area contributed by atoms with Crippen molar-refractivity contribution in [1.82, 2.24) is 5.32 Å². The van der Waals surface area contributed by atoms with Gasteiger partial charge in [-0.2, -0.15) is 17.0 Å². The zero-order valence-electron chi connectivity index (χ0n) is 8.20. The van der Waals surface area contributed by atoms with E-state index in [9.17, 15) is 0 Å². The summed E-state index contributed by atoms with van der Waals surface area (Å²) in [5.74, 6) is 1.68. The minimum absolute atomic E-state index is 0.567. The Morgan fingerprint density at radius 2 is 2.31 bits per heavy atom. The van der Waals surface area contributed by atoms with Crippen LogP contribution in [0.1, 0.15) is 6.92 Å². The summed E-state index contributed by atoms with van der Waals surface area (Å²) in [6.07, 6.45) is 5.86. The lowest BCUT2D eigenvalue weighted by Crippen LogP contribution is -2.15. The molecule has 0 aliphatic rings. The molecule has 0 spiro atoms. The van der Waals surface area contributed by atoms with Gasteiger partial charge in [-0.05, 0) is 24.2 Å². The Bertz CT molecular complexity index is 198. The van der Waals surface area contributed by atoms with Gasteiger partial charge in [-0.15, -0.1) is 0 Å². The molecule has 0 aromatic heterocycles. The Kier molecular flexibility index (Phi) is 8.05. The topological polar surface area (TPSA) is 48.2 Å². The maximum Gasteiger partial charge on any atom is 0.183 e. The quantitative estimate of drug-likeness (QED) is 0.337. The van der Waals surface area contributed by atoms with Gasteiger partial charge < -0.3 is 0 Å². The summed E-state index contributed by atoms with van der Waals surface area (Å²) in [5.41, 5.74) is 0. The minimum atomic E-state index is 0.567. The van der Waals surface area contributed by atoms with Crippen LogP contribution in [0.5, 0.6) is 0 Å². The zero-order valence-corrected chi connectivity index (χ0v) is 9.84. The normalized spacial score (nSPS) is 13.5. The first-order valence-corrected chi connectivity index (χ1v) is 6.59. The van der Waals surface area contributed by atoms with Crippen LogP contribution >= 0.6 is 23.5 Å². The Labute approximate surface area is 88.4 Å². The molecular formula is C8H15N3S2. The first-order valence-electron chi connectivity index (χ1n) is 3.97. The average Bonchev–Trinajstić information content (AvgIpc) is 2.12. The van der Waals surface area contributed by atoms with Crippen LogP contribution in [0.3, 0.4) is 0 Å². The van der Waals surface area contributed by atoms with Gasteiger partial charge in [-0.3, -0.25) is 10.3 Å². The van der Waals surface area contributed by atoms with Gasteiger partial charge in [0, 0.05) is 6.54 Å². The van der Waals surface area contributed by atoms with Crippen molar-refractivity contribution >= 4 is 28.7 Å². The van der Waals surface area contributed by atoms with E-state index in [2.05, 4.69) is 23.5 Å². The van der Waals surface area contributed by atoms with Crippen molar-refractivity contribution in [2.75, 3.05) is 24.8 Å². The molecule has 74 valence electrons. The molecule has 0 aromatic rings. The van der Waals surface area contributed by atoms with Crippen molar-refractivity contribution in [2.24, 2.45) is 10.9 Å². The Morgan fingerprint density at radius 3 is 2.77 bits per heavy atom. The van der Waals surface area contributed by atoms with Crippen molar-refractivity contribution in [3.63, 3.8) is 0 Å². The summed E-state index contributed by atoms with van der Waals surface area (Å²) in [5, 5.41) is 11.6. The van der Waals surface area contributed by atoms with Gasteiger partial charge in [0.1, 0.15) is 0 Å². The fourth-order valence-electron chi connectivity index (χ4n) is 0.779. The number of hydrogen-bond donors (Lipinski definition) is 1. The molecule has 0 saturated carbocycles. The van der Waals surface area contributed by atoms with Crippen molar-refractivity contribution < 1.29 is 0 Å². The van der Waals surface area contributed by atoms with Crippen LogP contribution in [0.25, 0.3) is 0 Å². The highest BCUT2D eigenvalue weighted by molar-refractivity contribution is 8.13. The SMILES string of the molecule is CSCC(C)CN=C(NC#N)SC. The second-order valence-electron chi connectivity index (χ2n) is 2.65. The maximum atomic E-state index is 8.38. The molecule has 0 saturated heterocycles. The monoisotopic (exact) mass is 217 g/mol. The summed E-state index contributed by atoms with van der Waals surface area (Å²) in [6.45, 7) is 2.94. The van der Waals surface area contributed by atoms with Crippen molar-refractivity contribution in [2.45, 2.75) is 6.92 Å². The van der Waals surface area contributed by atoms with E-state index in [0.29, 0.717) is 11.1 Å². The molecule has 1 atom stereocenters. The molecule has 0 aliphatic carbocycles. The third-order valence-corrected chi connectivity index (χ3v) is 2.87. The number of nitrogens with one attached hydrogen (secondary N) is 1. The van der Waals surface area contributed by atoms with E-state index in [1.807, 2.05) is 24.2 Å². The van der Waals surface area contributed by atoms with Gasteiger partial charge in [-0.1, -0.05) is 18.7 Å². The highest BCUT2D eigenvalue weighted by Gasteiger charge is 2.00. The van der Waals surface area contributed by atoms with E-state index in [0.717, 1.165) is 12.3 Å². The van der Waals surface area contributed by atoms with Crippen LogP contribution in [0.4, 0.5) is 0 Å². The molecule has 0 fully saturated rings. The second kappa shape index (κ2) is 8.27. The van der Waals surface area contributed by atoms with Crippen LogP contribution in [0, 0.1) is 17.4 Å². The summed E-state index contributed by atoms with van der Waals surface area (Å²) >= 11 is 3.29. The molecule has 0 rings (SSSR count). The Balaban J connectivity index is 3.85. The predicted octanol–water partition coefficient (Wildman–Crippen LogP) is 1.78. The number of nitriles is 1. The number of thioether (sulfide) groups is 2. The first kappa shape index (κ1) is 12.7. The fourth-order valence-corrected chi connectivity index (χ4v) is 1.80. The molecule has 0 bridgehead atoms. The van der Waals surface area contributed by atoms with Crippen molar-refractivity contribution in [1.29, 1.82) is 5.26 Å². The van der Waals surface area contributed by atoms with Crippen molar-refractivity contribution in [3.05, 3.63) is 0 Å². The highest BCUT2D eigenvalue weighted by atomic mass is 32.2. The maximum absolute atomic E-state index is 8.38. The van der Waals surface area contributed by atoms with Crippen LogP contribution in [-0.4, -0.2) is 30.0 Å². The van der Waals surface area contributed by atoms with Gasteiger partial charge in [0.2, 0.25) is 0 Å².